The van der Waals surface area contributed by atoms with Crippen molar-refractivity contribution in [1.82, 2.24) is 5.32 Å². The van der Waals surface area contributed by atoms with Gasteiger partial charge < -0.3 is 0 Å². The number of hydrogen-bond donors (Lipinski definition) is 1. The number of hydrogen-bond acceptors (Lipinski definition) is 3. The van der Waals surface area contributed by atoms with Crippen molar-refractivity contribution < 1.29 is 0 Å². The molecule has 0 fully saturated rings. The highest BCUT2D eigenvalue weighted by molar-refractivity contribution is 6.29. The second kappa shape index (κ2) is 4.03. The quantitative estimate of drug-likeness (QED) is 0.596. The van der Waals surface area contributed by atoms with Crippen LogP contribution in [0.3, 0.4) is 0 Å². The van der Waals surface area contributed by atoms with Gasteiger partial charge in [0, 0.05) is 18.8 Å². The molecule has 0 saturated carbocycles. The standard InChI is InChI=1S/C8H13N3/c1-7-6-11-8(9-2)4-3-5-10-7/h3,5-6,8-9H,4H2,1-2H3. The van der Waals surface area contributed by atoms with Crippen molar-refractivity contribution in [2.75, 3.05) is 7.05 Å². The van der Waals surface area contributed by atoms with Gasteiger partial charge in [-0.15, -0.1) is 0 Å². The third-order valence-corrected chi connectivity index (χ3v) is 1.52. The van der Waals surface area contributed by atoms with Gasteiger partial charge in [0.2, 0.25) is 0 Å². The van der Waals surface area contributed by atoms with E-state index in [1.54, 1.807) is 6.21 Å². The van der Waals surface area contributed by atoms with Crippen molar-refractivity contribution in [3.63, 3.8) is 0 Å². The van der Waals surface area contributed by atoms with Gasteiger partial charge in [-0.25, -0.2) is 0 Å². The lowest BCUT2D eigenvalue weighted by Gasteiger charge is -2.08. The summed E-state index contributed by atoms with van der Waals surface area (Å²) in [7, 11) is 1.91. The lowest BCUT2D eigenvalue weighted by Crippen LogP contribution is -2.23. The lowest BCUT2D eigenvalue weighted by atomic mass is 10.3. The van der Waals surface area contributed by atoms with Crippen LogP contribution >= 0.6 is 0 Å². The summed E-state index contributed by atoms with van der Waals surface area (Å²) in [5.74, 6) is 0. The average Bonchev–Trinajstić information content (AvgIpc) is 1.98. The summed E-state index contributed by atoms with van der Waals surface area (Å²) in [6.07, 6.45) is 6.75. The van der Waals surface area contributed by atoms with Gasteiger partial charge in [0.25, 0.3) is 0 Å². The topological polar surface area (TPSA) is 36.8 Å². The van der Waals surface area contributed by atoms with E-state index < -0.39 is 0 Å². The monoisotopic (exact) mass is 151 g/mol. The zero-order chi connectivity index (χ0) is 8.10. The summed E-state index contributed by atoms with van der Waals surface area (Å²) >= 11 is 0. The van der Waals surface area contributed by atoms with Crippen LogP contribution in [0.15, 0.2) is 22.3 Å². The first kappa shape index (κ1) is 8.14. The van der Waals surface area contributed by atoms with Crippen LogP contribution in [0.25, 0.3) is 0 Å². The molecule has 0 spiro atoms. The Kier molecular flexibility index (Phi) is 2.98. The van der Waals surface area contributed by atoms with Crippen molar-refractivity contribution in [3.8, 4) is 0 Å². The van der Waals surface area contributed by atoms with Gasteiger partial charge in [-0.1, -0.05) is 6.08 Å². The van der Waals surface area contributed by atoms with E-state index in [0.29, 0.717) is 0 Å². The smallest absolute Gasteiger partial charge is 0.103 e. The van der Waals surface area contributed by atoms with Crippen LogP contribution in [-0.2, 0) is 0 Å². The molecule has 1 unspecified atom stereocenters. The van der Waals surface area contributed by atoms with Crippen molar-refractivity contribution in [2.45, 2.75) is 19.5 Å². The van der Waals surface area contributed by atoms with Gasteiger partial charge in [-0.05, 0) is 14.0 Å². The molecule has 1 heterocycles. The molecule has 1 aliphatic heterocycles. The van der Waals surface area contributed by atoms with Gasteiger partial charge in [0.05, 0.1) is 5.71 Å². The van der Waals surface area contributed by atoms with Gasteiger partial charge in [-0.3, -0.25) is 15.3 Å². The maximum absolute atomic E-state index is 4.26. The molecular formula is C8H13N3. The van der Waals surface area contributed by atoms with E-state index in [2.05, 4.69) is 15.3 Å². The minimum absolute atomic E-state index is 0.205. The normalized spacial score (nSPS) is 24.2. The minimum Gasteiger partial charge on any atom is -0.299 e. The Morgan fingerprint density at radius 1 is 1.64 bits per heavy atom. The predicted octanol–water partition coefficient (Wildman–Crippen LogP) is 0.981. The van der Waals surface area contributed by atoms with Crippen LogP contribution in [0.4, 0.5) is 0 Å². The highest BCUT2D eigenvalue weighted by atomic mass is 15.0. The third-order valence-electron chi connectivity index (χ3n) is 1.52. The summed E-state index contributed by atoms with van der Waals surface area (Å²) in [6.45, 7) is 1.94. The molecule has 3 heteroatoms. The molecule has 0 aromatic carbocycles. The summed E-state index contributed by atoms with van der Waals surface area (Å²) in [5, 5.41) is 3.09. The molecule has 3 nitrogen and oxygen atoms in total. The first-order valence-electron chi connectivity index (χ1n) is 3.73. The van der Waals surface area contributed by atoms with Crippen molar-refractivity contribution >= 4 is 11.9 Å². The fourth-order valence-electron chi connectivity index (χ4n) is 0.844. The lowest BCUT2D eigenvalue weighted by molar-refractivity contribution is 0.597. The third kappa shape index (κ3) is 2.63. The SMILES string of the molecule is CNC1CC=CN=C(C)C=N1. The Morgan fingerprint density at radius 3 is 3.18 bits per heavy atom. The highest BCUT2D eigenvalue weighted by Gasteiger charge is 1.99. The largest absolute Gasteiger partial charge is 0.299 e. The van der Waals surface area contributed by atoms with E-state index in [9.17, 15) is 0 Å². The molecule has 0 amide bonds. The maximum atomic E-state index is 4.26. The van der Waals surface area contributed by atoms with Crippen LogP contribution in [0.1, 0.15) is 13.3 Å². The Balaban J connectivity index is 2.67. The molecule has 1 aliphatic rings. The summed E-state index contributed by atoms with van der Waals surface area (Å²) in [5.41, 5.74) is 0.946. The van der Waals surface area contributed by atoms with Gasteiger partial charge in [-0.2, -0.15) is 0 Å². The Hall–Kier alpha value is -0.960. The minimum atomic E-state index is 0.205. The molecule has 0 saturated heterocycles. The first-order valence-corrected chi connectivity index (χ1v) is 3.73. The van der Waals surface area contributed by atoms with Crippen LogP contribution in [-0.4, -0.2) is 25.1 Å². The molecular weight excluding hydrogens is 138 g/mol. The van der Waals surface area contributed by atoms with Crippen LogP contribution in [0.5, 0.6) is 0 Å². The molecule has 11 heavy (non-hydrogen) atoms. The van der Waals surface area contributed by atoms with Crippen LogP contribution in [0.2, 0.25) is 0 Å². The molecule has 1 N–H and O–H groups in total. The van der Waals surface area contributed by atoms with Crippen molar-refractivity contribution in [2.24, 2.45) is 9.98 Å². The maximum Gasteiger partial charge on any atom is 0.103 e. The Morgan fingerprint density at radius 2 is 2.45 bits per heavy atom. The second-order valence-electron chi connectivity index (χ2n) is 2.47. The number of nitrogens with one attached hydrogen (secondary N) is 1. The fraction of sp³-hybridized carbons (Fsp3) is 0.500. The van der Waals surface area contributed by atoms with Gasteiger partial charge in [0.1, 0.15) is 6.17 Å². The number of aliphatic imine (C=N–C) groups is 2. The molecule has 60 valence electrons. The van der Waals surface area contributed by atoms with E-state index in [0.717, 1.165) is 12.1 Å². The molecule has 0 aliphatic carbocycles. The summed E-state index contributed by atoms with van der Waals surface area (Å²) in [4.78, 5) is 8.38. The molecule has 0 aromatic rings. The molecule has 1 atom stereocenters. The molecule has 0 radical (unpaired) electrons. The molecule has 0 aromatic heterocycles. The van der Waals surface area contributed by atoms with E-state index in [1.165, 1.54) is 0 Å². The van der Waals surface area contributed by atoms with Gasteiger partial charge in [0.15, 0.2) is 0 Å². The fourth-order valence-corrected chi connectivity index (χ4v) is 0.844. The van der Waals surface area contributed by atoms with Crippen LogP contribution < -0.4 is 5.32 Å². The first-order chi connectivity index (χ1) is 5.33. The summed E-state index contributed by atoms with van der Waals surface area (Å²) in [6, 6.07) is 0. The van der Waals surface area contributed by atoms with Crippen LogP contribution in [0, 0.1) is 0 Å². The highest BCUT2D eigenvalue weighted by Crippen LogP contribution is 1.97. The predicted molar refractivity (Wildman–Crippen MR) is 48.2 cm³/mol. The number of nitrogens with zero attached hydrogens (tertiary/aromatic N) is 2. The van der Waals surface area contributed by atoms with E-state index in [-0.39, 0.29) is 6.17 Å². The van der Waals surface area contributed by atoms with Crippen molar-refractivity contribution in [1.29, 1.82) is 0 Å². The number of rotatable bonds is 1. The Bertz CT molecular complexity index is 203. The zero-order valence-electron chi connectivity index (χ0n) is 6.91. The molecule has 0 bridgehead atoms. The Labute approximate surface area is 66.9 Å². The summed E-state index contributed by atoms with van der Waals surface area (Å²) < 4.78 is 0. The second-order valence-corrected chi connectivity index (χ2v) is 2.47. The molecule has 1 rings (SSSR count). The average molecular weight is 151 g/mol. The van der Waals surface area contributed by atoms with E-state index in [1.807, 2.05) is 26.2 Å². The van der Waals surface area contributed by atoms with E-state index in [4.69, 9.17) is 0 Å². The van der Waals surface area contributed by atoms with Crippen molar-refractivity contribution in [3.05, 3.63) is 12.3 Å². The van der Waals surface area contributed by atoms with Gasteiger partial charge >= 0.3 is 0 Å². The van der Waals surface area contributed by atoms with E-state index >= 15 is 0 Å². The zero-order valence-corrected chi connectivity index (χ0v) is 6.91.